The molecule has 0 aliphatic rings. The first-order chi connectivity index (χ1) is 9.51. The van der Waals surface area contributed by atoms with Crippen LogP contribution >= 0.6 is 0 Å². The van der Waals surface area contributed by atoms with E-state index in [-0.39, 0.29) is 17.3 Å². The maximum atomic E-state index is 12.0. The molecule has 0 saturated heterocycles. The molecule has 1 heterocycles. The van der Waals surface area contributed by atoms with E-state index in [2.05, 4.69) is 14.7 Å². The van der Waals surface area contributed by atoms with Crippen molar-refractivity contribution >= 4 is 10.0 Å². The average Bonchev–Trinajstić information content (AvgIpc) is 2.90. The van der Waals surface area contributed by atoms with E-state index >= 15 is 0 Å². The third-order valence-corrected chi connectivity index (χ3v) is 4.24. The molecule has 1 aromatic carbocycles. The molecule has 0 amide bonds. The Morgan fingerprint density at radius 2 is 2.00 bits per heavy atom. The van der Waals surface area contributed by atoms with Crippen molar-refractivity contribution in [2.45, 2.75) is 24.8 Å². The van der Waals surface area contributed by atoms with Gasteiger partial charge < -0.3 is 10.1 Å². The zero-order chi connectivity index (χ0) is 14.6. The Morgan fingerprint density at radius 1 is 1.30 bits per heavy atom. The molecule has 6 nitrogen and oxygen atoms in total. The minimum Gasteiger partial charge on any atom is -0.508 e. The fourth-order valence-corrected chi connectivity index (χ4v) is 2.70. The van der Waals surface area contributed by atoms with Crippen LogP contribution in [0.5, 0.6) is 5.75 Å². The highest BCUT2D eigenvalue weighted by molar-refractivity contribution is 7.89. The van der Waals surface area contributed by atoms with Gasteiger partial charge in [0.2, 0.25) is 0 Å². The average molecular weight is 295 g/mol. The number of nitrogens with zero attached hydrogens (tertiary/aromatic N) is 1. The van der Waals surface area contributed by atoms with Crippen LogP contribution in [0.25, 0.3) is 0 Å². The molecule has 0 radical (unpaired) electrons. The lowest BCUT2D eigenvalue weighted by molar-refractivity contribution is 0.475. The third-order valence-electron chi connectivity index (χ3n) is 2.87. The monoisotopic (exact) mass is 295 g/mol. The first kappa shape index (κ1) is 14.5. The van der Waals surface area contributed by atoms with Gasteiger partial charge in [0.05, 0.1) is 6.20 Å². The zero-order valence-corrected chi connectivity index (χ0v) is 11.9. The van der Waals surface area contributed by atoms with Crippen LogP contribution in [0.15, 0.2) is 35.5 Å². The number of aromatic amines is 1. The Balaban J connectivity index is 1.94. The Morgan fingerprint density at radius 3 is 2.60 bits per heavy atom. The van der Waals surface area contributed by atoms with Gasteiger partial charge in [0.1, 0.15) is 11.6 Å². The highest BCUT2D eigenvalue weighted by atomic mass is 32.2. The van der Waals surface area contributed by atoms with Gasteiger partial charge in [0.15, 0.2) is 5.03 Å². The van der Waals surface area contributed by atoms with E-state index in [0.717, 1.165) is 5.56 Å². The Kier molecular flexibility index (Phi) is 4.41. The number of aromatic nitrogens is 2. The maximum Gasteiger partial charge on any atom is 0.257 e. The van der Waals surface area contributed by atoms with Crippen molar-refractivity contribution in [1.29, 1.82) is 0 Å². The molecule has 0 spiro atoms. The summed E-state index contributed by atoms with van der Waals surface area (Å²) in [4.78, 5) is 6.74. The lowest BCUT2D eigenvalue weighted by Crippen LogP contribution is -2.26. The second kappa shape index (κ2) is 6.06. The molecule has 0 unspecified atom stereocenters. The van der Waals surface area contributed by atoms with E-state index in [1.54, 1.807) is 24.3 Å². The van der Waals surface area contributed by atoms with Crippen molar-refractivity contribution in [3.05, 3.63) is 41.9 Å². The van der Waals surface area contributed by atoms with Gasteiger partial charge in [0.25, 0.3) is 10.0 Å². The second-order valence-corrected chi connectivity index (χ2v) is 6.10. The summed E-state index contributed by atoms with van der Waals surface area (Å²) in [6.07, 6.45) is 2.53. The fraction of sp³-hybridized carbons (Fsp3) is 0.308. The van der Waals surface area contributed by atoms with E-state index < -0.39 is 10.0 Å². The summed E-state index contributed by atoms with van der Waals surface area (Å²) in [7, 11) is -3.55. The van der Waals surface area contributed by atoms with Crippen LogP contribution in [0, 0.1) is 0 Å². The SMILES string of the molecule is CCc1ncc(S(=O)(=O)NCCc2ccc(O)cc2)[nH]1. The summed E-state index contributed by atoms with van der Waals surface area (Å²) in [6, 6.07) is 6.67. The number of rotatable bonds is 6. The molecule has 0 saturated carbocycles. The number of phenolic OH excluding ortho intramolecular Hbond substituents is 1. The molecule has 1 aromatic heterocycles. The number of nitrogens with one attached hydrogen (secondary N) is 2. The normalized spacial score (nSPS) is 11.7. The minimum atomic E-state index is -3.55. The predicted octanol–water partition coefficient (Wildman–Crippen LogP) is 1.20. The lowest BCUT2D eigenvalue weighted by atomic mass is 10.1. The Bertz CT molecular complexity index is 662. The zero-order valence-electron chi connectivity index (χ0n) is 11.1. The summed E-state index contributed by atoms with van der Waals surface area (Å²) < 4.78 is 26.5. The van der Waals surface area contributed by atoms with Crippen LogP contribution in [0.3, 0.4) is 0 Å². The molecule has 0 aliphatic heterocycles. The van der Waals surface area contributed by atoms with E-state index in [9.17, 15) is 8.42 Å². The van der Waals surface area contributed by atoms with Gasteiger partial charge in [-0.3, -0.25) is 0 Å². The van der Waals surface area contributed by atoms with Crippen molar-refractivity contribution < 1.29 is 13.5 Å². The van der Waals surface area contributed by atoms with Crippen LogP contribution in [-0.4, -0.2) is 30.0 Å². The summed E-state index contributed by atoms with van der Waals surface area (Å²) in [6.45, 7) is 2.18. The number of phenols is 1. The van der Waals surface area contributed by atoms with Gasteiger partial charge in [-0.1, -0.05) is 19.1 Å². The number of aromatic hydroxyl groups is 1. The molecule has 2 rings (SSSR count). The minimum absolute atomic E-state index is 0.0834. The van der Waals surface area contributed by atoms with Gasteiger partial charge in [0, 0.05) is 13.0 Å². The predicted molar refractivity (Wildman–Crippen MR) is 75.0 cm³/mol. The lowest BCUT2D eigenvalue weighted by Gasteiger charge is -2.05. The van der Waals surface area contributed by atoms with Crippen molar-refractivity contribution in [1.82, 2.24) is 14.7 Å². The topological polar surface area (TPSA) is 95.1 Å². The van der Waals surface area contributed by atoms with Crippen LogP contribution in [-0.2, 0) is 22.9 Å². The molecule has 0 atom stereocenters. The first-order valence-corrected chi connectivity index (χ1v) is 7.81. The standard InChI is InChI=1S/C13H17N3O3S/c1-2-12-14-9-13(16-12)20(18,19)15-8-7-10-3-5-11(17)6-4-10/h3-6,9,15,17H,2,7-8H2,1H3,(H,14,16). The maximum absolute atomic E-state index is 12.0. The summed E-state index contributed by atoms with van der Waals surface area (Å²) >= 11 is 0. The summed E-state index contributed by atoms with van der Waals surface area (Å²) in [5.74, 6) is 0.836. The Hall–Kier alpha value is -1.86. The van der Waals surface area contributed by atoms with Crippen molar-refractivity contribution in [2.75, 3.05) is 6.54 Å². The van der Waals surface area contributed by atoms with E-state index in [0.29, 0.717) is 18.7 Å². The van der Waals surface area contributed by atoms with Gasteiger partial charge >= 0.3 is 0 Å². The quantitative estimate of drug-likeness (QED) is 0.746. The Labute approximate surface area is 117 Å². The van der Waals surface area contributed by atoms with Crippen molar-refractivity contribution in [2.24, 2.45) is 0 Å². The fourth-order valence-electron chi connectivity index (χ4n) is 1.73. The number of aryl methyl sites for hydroxylation is 1. The first-order valence-electron chi connectivity index (χ1n) is 6.32. The van der Waals surface area contributed by atoms with E-state index in [4.69, 9.17) is 5.11 Å². The smallest absolute Gasteiger partial charge is 0.257 e. The van der Waals surface area contributed by atoms with Crippen LogP contribution < -0.4 is 4.72 Å². The molecule has 7 heteroatoms. The summed E-state index contributed by atoms with van der Waals surface area (Å²) in [5.41, 5.74) is 0.948. The van der Waals surface area contributed by atoms with Gasteiger partial charge in [-0.2, -0.15) is 0 Å². The van der Waals surface area contributed by atoms with Crippen LogP contribution in [0.1, 0.15) is 18.3 Å². The van der Waals surface area contributed by atoms with Gasteiger partial charge in [-0.15, -0.1) is 0 Å². The summed E-state index contributed by atoms with van der Waals surface area (Å²) in [5, 5.41) is 9.25. The van der Waals surface area contributed by atoms with Gasteiger partial charge in [-0.05, 0) is 24.1 Å². The molecular weight excluding hydrogens is 278 g/mol. The van der Waals surface area contributed by atoms with Gasteiger partial charge in [-0.25, -0.2) is 18.1 Å². The molecule has 108 valence electrons. The second-order valence-electron chi connectivity index (χ2n) is 4.36. The molecule has 0 aliphatic carbocycles. The van der Waals surface area contributed by atoms with E-state index in [1.165, 1.54) is 6.20 Å². The largest absolute Gasteiger partial charge is 0.508 e. The number of sulfonamides is 1. The highest BCUT2D eigenvalue weighted by Crippen LogP contribution is 2.10. The van der Waals surface area contributed by atoms with E-state index in [1.807, 2.05) is 6.92 Å². The number of hydrogen-bond donors (Lipinski definition) is 3. The molecular formula is C13H17N3O3S. The van der Waals surface area contributed by atoms with Crippen LogP contribution in [0.2, 0.25) is 0 Å². The number of benzene rings is 1. The molecule has 3 N–H and O–H groups in total. The number of hydrogen-bond acceptors (Lipinski definition) is 4. The van der Waals surface area contributed by atoms with Crippen LogP contribution in [0.4, 0.5) is 0 Å². The molecule has 2 aromatic rings. The number of H-pyrrole nitrogens is 1. The third kappa shape index (κ3) is 3.58. The number of imidazole rings is 1. The molecule has 0 fully saturated rings. The van der Waals surface area contributed by atoms with Crippen molar-refractivity contribution in [3.8, 4) is 5.75 Å². The molecule has 0 bridgehead atoms. The molecule has 20 heavy (non-hydrogen) atoms. The van der Waals surface area contributed by atoms with Crippen molar-refractivity contribution in [3.63, 3.8) is 0 Å². The highest BCUT2D eigenvalue weighted by Gasteiger charge is 2.16.